The van der Waals surface area contributed by atoms with E-state index in [0.717, 1.165) is 44.8 Å². The molecule has 0 saturated carbocycles. The molecule has 0 aliphatic carbocycles. The molecule has 0 unspecified atom stereocenters. The Balaban J connectivity index is 2.29. The summed E-state index contributed by atoms with van der Waals surface area (Å²) in [6.45, 7) is 10.9. The van der Waals surface area contributed by atoms with Gasteiger partial charge < -0.3 is 15.0 Å². The van der Waals surface area contributed by atoms with E-state index in [9.17, 15) is 4.79 Å². The second-order valence-electron chi connectivity index (χ2n) is 4.95. The molecule has 0 radical (unpaired) electrons. The maximum atomic E-state index is 12.0. The number of carbonyl (C=O) groups excluding carboxylic acids is 1. The molecule has 0 bridgehead atoms. The van der Waals surface area contributed by atoms with Crippen LogP contribution in [-0.2, 0) is 0 Å². The highest BCUT2D eigenvalue weighted by Crippen LogP contribution is 2.13. The fraction of sp³-hybridized carbons (Fsp3) is 0.588. The Kier molecular flexibility index (Phi) is 8.51. The van der Waals surface area contributed by atoms with Crippen LogP contribution in [0.25, 0.3) is 0 Å². The monoisotopic (exact) mass is 292 g/mol. The summed E-state index contributed by atoms with van der Waals surface area (Å²) >= 11 is 0. The van der Waals surface area contributed by atoms with Gasteiger partial charge in [-0.25, -0.2) is 0 Å². The zero-order valence-corrected chi connectivity index (χ0v) is 13.5. The van der Waals surface area contributed by atoms with Gasteiger partial charge in [0.15, 0.2) is 0 Å². The van der Waals surface area contributed by atoms with Gasteiger partial charge in [0.2, 0.25) is 0 Å². The number of rotatable bonds is 10. The van der Waals surface area contributed by atoms with E-state index in [1.165, 1.54) is 0 Å². The van der Waals surface area contributed by atoms with E-state index in [1.54, 1.807) is 6.07 Å². The van der Waals surface area contributed by atoms with Gasteiger partial charge in [0.1, 0.15) is 5.75 Å². The van der Waals surface area contributed by atoms with E-state index in [1.807, 2.05) is 25.1 Å². The maximum Gasteiger partial charge on any atom is 0.251 e. The van der Waals surface area contributed by atoms with Crippen molar-refractivity contribution >= 4 is 5.91 Å². The summed E-state index contributed by atoms with van der Waals surface area (Å²) in [5.41, 5.74) is 0.657. The molecule has 1 N–H and O–H groups in total. The minimum Gasteiger partial charge on any atom is -0.494 e. The Hall–Kier alpha value is -1.55. The molecule has 118 valence electrons. The number of nitrogens with zero attached hydrogens (tertiary/aromatic N) is 1. The Morgan fingerprint density at radius 2 is 1.95 bits per heavy atom. The summed E-state index contributed by atoms with van der Waals surface area (Å²) in [6.07, 6.45) is 2.12. The molecular weight excluding hydrogens is 264 g/mol. The third-order valence-corrected chi connectivity index (χ3v) is 3.49. The first-order valence-corrected chi connectivity index (χ1v) is 7.94. The van der Waals surface area contributed by atoms with Crippen molar-refractivity contribution in [2.24, 2.45) is 0 Å². The van der Waals surface area contributed by atoms with Crippen molar-refractivity contribution in [3.05, 3.63) is 29.8 Å². The van der Waals surface area contributed by atoms with Gasteiger partial charge in [0, 0.05) is 12.1 Å². The Bertz CT molecular complexity index is 417. The van der Waals surface area contributed by atoms with Crippen molar-refractivity contribution in [3.63, 3.8) is 0 Å². The summed E-state index contributed by atoms with van der Waals surface area (Å²) in [5, 5.41) is 2.97. The van der Waals surface area contributed by atoms with Gasteiger partial charge in [-0.2, -0.15) is 0 Å². The van der Waals surface area contributed by atoms with Crippen LogP contribution in [0.3, 0.4) is 0 Å². The lowest BCUT2D eigenvalue weighted by Crippen LogP contribution is -2.27. The number of hydrogen-bond donors (Lipinski definition) is 1. The first kappa shape index (κ1) is 17.5. The van der Waals surface area contributed by atoms with Crippen LogP contribution in [0.5, 0.6) is 5.75 Å². The van der Waals surface area contributed by atoms with E-state index < -0.39 is 0 Å². The molecule has 21 heavy (non-hydrogen) atoms. The highest BCUT2D eigenvalue weighted by molar-refractivity contribution is 5.94. The molecule has 0 saturated heterocycles. The molecule has 4 heteroatoms. The molecule has 0 aliphatic rings. The van der Waals surface area contributed by atoms with Crippen molar-refractivity contribution in [1.29, 1.82) is 0 Å². The minimum absolute atomic E-state index is 0.0283. The average Bonchev–Trinajstić information content (AvgIpc) is 2.51. The predicted octanol–water partition coefficient (Wildman–Crippen LogP) is 2.94. The van der Waals surface area contributed by atoms with Crippen molar-refractivity contribution in [3.8, 4) is 5.75 Å². The summed E-state index contributed by atoms with van der Waals surface area (Å²) in [7, 11) is 0. The van der Waals surface area contributed by atoms with Gasteiger partial charge >= 0.3 is 0 Å². The van der Waals surface area contributed by atoms with Gasteiger partial charge in [-0.1, -0.05) is 19.9 Å². The number of hydrogen-bond acceptors (Lipinski definition) is 3. The van der Waals surface area contributed by atoms with Crippen LogP contribution in [0.15, 0.2) is 24.3 Å². The van der Waals surface area contributed by atoms with Crippen molar-refractivity contribution in [2.45, 2.75) is 33.6 Å². The molecule has 1 aromatic rings. The summed E-state index contributed by atoms with van der Waals surface area (Å²) < 4.78 is 5.41. The Labute approximate surface area is 128 Å². The molecule has 0 atom stereocenters. The zero-order valence-electron chi connectivity index (χ0n) is 13.5. The standard InChI is InChI=1S/C17H28N2O2/c1-4-19(5-2)13-8-7-12-18-17(20)15-10-9-11-16(14-15)21-6-3/h9-11,14H,4-8,12-13H2,1-3H3,(H,18,20). The van der Waals surface area contributed by atoms with Gasteiger partial charge in [-0.05, 0) is 57.6 Å². The van der Waals surface area contributed by atoms with Crippen molar-refractivity contribution in [1.82, 2.24) is 10.2 Å². The quantitative estimate of drug-likeness (QED) is 0.674. The second kappa shape index (κ2) is 10.2. The van der Waals surface area contributed by atoms with Crippen LogP contribution in [-0.4, -0.2) is 43.6 Å². The maximum absolute atomic E-state index is 12.0. The molecule has 1 amide bonds. The summed E-state index contributed by atoms with van der Waals surface area (Å²) in [4.78, 5) is 14.4. The number of amides is 1. The van der Waals surface area contributed by atoms with Crippen LogP contribution in [0, 0.1) is 0 Å². The van der Waals surface area contributed by atoms with Crippen molar-refractivity contribution < 1.29 is 9.53 Å². The molecule has 0 aliphatic heterocycles. The summed E-state index contributed by atoms with van der Waals surface area (Å²) in [6, 6.07) is 7.31. The largest absolute Gasteiger partial charge is 0.494 e. The van der Waals surface area contributed by atoms with Crippen LogP contribution < -0.4 is 10.1 Å². The topological polar surface area (TPSA) is 41.6 Å². The number of benzene rings is 1. The smallest absolute Gasteiger partial charge is 0.251 e. The fourth-order valence-electron chi connectivity index (χ4n) is 2.20. The molecule has 0 aromatic heterocycles. The molecule has 0 spiro atoms. The van der Waals surface area contributed by atoms with Crippen LogP contribution >= 0.6 is 0 Å². The Morgan fingerprint density at radius 3 is 2.62 bits per heavy atom. The van der Waals surface area contributed by atoms with E-state index in [2.05, 4.69) is 24.1 Å². The van der Waals surface area contributed by atoms with Gasteiger partial charge in [0.05, 0.1) is 6.61 Å². The average molecular weight is 292 g/mol. The van der Waals surface area contributed by atoms with E-state index in [4.69, 9.17) is 4.74 Å². The van der Waals surface area contributed by atoms with Crippen LogP contribution in [0.4, 0.5) is 0 Å². The lowest BCUT2D eigenvalue weighted by Gasteiger charge is -2.17. The van der Waals surface area contributed by atoms with Crippen molar-refractivity contribution in [2.75, 3.05) is 32.8 Å². The predicted molar refractivity (Wildman–Crippen MR) is 87.0 cm³/mol. The molecular formula is C17H28N2O2. The van der Waals surface area contributed by atoms with Crippen LogP contribution in [0.2, 0.25) is 0 Å². The molecule has 0 heterocycles. The molecule has 1 rings (SSSR count). The van der Waals surface area contributed by atoms with Gasteiger partial charge in [-0.15, -0.1) is 0 Å². The number of carbonyl (C=O) groups is 1. The zero-order chi connectivity index (χ0) is 15.5. The number of ether oxygens (including phenoxy) is 1. The highest BCUT2D eigenvalue weighted by Gasteiger charge is 2.06. The van der Waals surface area contributed by atoms with Crippen LogP contribution in [0.1, 0.15) is 44.0 Å². The first-order valence-electron chi connectivity index (χ1n) is 7.94. The normalized spacial score (nSPS) is 10.7. The first-order chi connectivity index (χ1) is 10.2. The van der Waals surface area contributed by atoms with Gasteiger partial charge in [0.25, 0.3) is 5.91 Å². The van der Waals surface area contributed by atoms with E-state index >= 15 is 0 Å². The third-order valence-electron chi connectivity index (χ3n) is 3.49. The SMILES string of the molecule is CCOc1cccc(C(=O)NCCCCN(CC)CC)c1. The fourth-order valence-corrected chi connectivity index (χ4v) is 2.20. The lowest BCUT2D eigenvalue weighted by atomic mass is 10.2. The lowest BCUT2D eigenvalue weighted by molar-refractivity contribution is 0.0952. The Morgan fingerprint density at radius 1 is 1.19 bits per heavy atom. The molecule has 0 fully saturated rings. The molecule has 4 nitrogen and oxygen atoms in total. The van der Waals surface area contributed by atoms with E-state index in [0.29, 0.717) is 12.2 Å². The summed E-state index contributed by atoms with van der Waals surface area (Å²) in [5.74, 6) is 0.714. The van der Waals surface area contributed by atoms with E-state index in [-0.39, 0.29) is 5.91 Å². The second-order valence-corrected chi connectivity index (χ2v) is 4.95. The van der Waals surface area contributed by atoms with Gasteiger partial charge in [-0.3, -0.25) is 4.79 Å². The number of nitrogens with one attached hydrogen (secondary N) is 1. The third kappa shape index (κ3) is 6.63. The highest BCUT2D eigenvalue weighted by atomic mass is 16.5. The molecule has 1 aromatic carbocycles. The number of unbranched alkanes of at least 4 members (excludes halogenated alkanes) is 1. The minimum atomic E-state index is -0.0283.